The molecule has 0 aliphatic carbocycles. The van der Waals surface area contributed by atoms with Gasteiger partial charge < -0.3 is 20.0 Å². The largest absolute Gasteiger partial charge is 0.355 e. The highest BCUT2D eigenvalue weighted by Crippen LogP contribution is 2.22. The van der Waals surface area contributed by atoms with Crippen LogP contribution in [0.3, 0.4) is 0 Å². The average molecular weight is 415 g/mol. The molecule has 2 fully saturated rings. The molecule has 2 aromatic rings. The Bertz CT molecular complexity index is 814. The number of piperazine rings is 1. The zero-order valence-corrected chi connectivity index (χ0v) is 17.3. The molecule has 1 aromatic carbocycles. The van der Waals surface area contributed by atoms with E-state index >= 15 is 0 Å². The number of nitrogens with one attached hydrogen (secondary N) is 1. The lowest BCUT2D eigenvalue weighted by molar-refractivity contribution is 0.208. The van der Waals surface area contributed by atoms with Crippen LogP contribution in [0.25, 0.3) is 0 Å². The second-order valence-corrected chi connectivity index (χ2v) is 7.94. The highest BCUT2D eigenvalue weighted by molar-refractivity contribution is 6.33. The summed E-state index contributed by atoms with van der Waals surface area (Å²) in [5.74, 6) is 1.84. The van der Waals surface area contributed by atoms with E-state index in [0.717, 1.165) is 37.8 Å². The molecule has 1 N–H and O–H groups in total. The van der Waals surface area contributed by atoms with Crippen LogP contribution in [0.5, 0.6) is 0 Å². The van der Waals surface area contributed by atoms with Gasteiger partial charge >= 0.3 is 6.03 Å². The van der Waals surface area contributed by atoms with Gasteiger partial charge in [0, 0.05) is 39.3 Å². The van der Waals surface area contributed by atoms with E-state index < -0.39 is 0 Å². The second kappa shape index (κ2) is 9.31. The molecular weight excluding hydrogens is 388 g/mol. The van der Waals surface area contributed by atoms with Gasteiger partial charge in [0.1, 0.15) is 0 Å². The quantitative estimate of drug-likeness (QED) is 0.826. The minimum Gasteiger partial charge on any atom is -0.355 e. The molecule has 0 radical (unpaired) electrons. The van der Waals surface area contributed by atoms with Crippen LogP contribution in [0.4, 0.5) is 22.1 Å². The topological polar surface area (TPSA) is 64.6 Å². The van der Waals surface area contributed by atoms with E-state index in [1.807, 2.05) is 18.2 Å². The van der Waals surface area contributed by atoms with Gasteiger partial charge in [0.25, 0.3) is 0 Å². The molecule has 0 unspecified atom stereocenters. The van der Waals surface area contributed by atoms with Crippen molar-refractivity contribution in [2.75, 3.05) is 54.4 Å². The molecular formula is C21H27ClN6O. The Morgan fingerprint density at radius 1 is 0.793 bits per heavy atom. The van der Waals surface area contributed by atoms with Crippen LogP contribution < -0.4 is 15.1 Å². The Morgan fingerprint density at radius 2 is 1.38 bits per heavy atom. The number of hydrogen-bond donors (Lipinski definition) is 1. The number of carbonyl (C=O) groups is 1. The number of para-hydroxylation sites is 1. The highest BCUT2D eigenvalue weighted by Gasteiger charge is 2.23. The average Bonchev–Trinajstić information content (AvgIpc) is 3.05. The molecule has 2 aliphatic heterocycles. The highest BCUT2D eigenvalue weighted by atomic mass is 35.5. The zero-order chi connectivity index (χ0) is 20.1. The monoisotopic (exact) mass is 414 g/mol. The number of benzene rings is 1. The van der Waals surface area contributed by atoms with Crippen LogP contribution in [-0.4, -0.2) is 60.4 Å². The Labute approximate surface area is 176 Å². The van der Waals surface area contributed by atoms with Gasteiger partial charge in [0.05, 0.1) is 10.7 Å². The van der Waals surface area contributed by atoms with E-state index in [-0.39, 0.29) is 6.03 Å². The molecule has 0 atom stereocenters. The first kappa shape index (κ1) is 19.8. The van der Waals surface area contributed by atoms with E-state index in [9.17, 15) is 4.79 Å². The molecule has 2 aliphatic rings. The molecule has 4 rings (SSSR count). The van der Waals surface area contributed by atoms with Gasteiger partial charge in [-0.15, -0.1) is 10.2 Å². The van der Waals surface area contributed by atoms with E-state index in [4.69, 9.17) is 11.6 Å². The summed E-state index contributed by atoms with van der Waals surface area (Å²) in [6, 6.07) is 11.3. The fourth-order valence-corrected chi connectivity index (χ4v) is 4.03. The maximum atomic E-state index is 12.5. The lowest BCUT2D eigenvalue weighted by Crippen LogP contribution is -2.50. The summed E-state index contributed by atoms with van der Waals surface area (Å²) in [7, 11) is 0. The van der Waals surface area contributed by atoms with E-state index in [1.54, 1.807) is 17.0 Å². The molecule has 8 heteroatoms. The number of rotatable bonds is 3. The molecule has 1 aromatic heterocycles. The molecule has 2 saturated heterocycles. The maximum absolute atomic E-state index is 12.5. The van der Waals surface area contributed by atoms with Crippen LogP contribution in [0.1, 0.15) is 25.7 Å². The van der Waals surface area contributed by atoms with Crippen LogP contribution >= 0.6 is 11.6 Å². The van der Waals surface area contributed by atoms with Crippen LogP contribution in [0.2, 0.25) is 5.02 Å². The minimum atomic E-state index is -0.125. The summed E-state index contributed by atoms with van der Waals surface area (Å²) in [6.45, 7) is 4.85. The van der Waals surface area contributed by atoms with Crippen molar-refractivity contribution in [1.82, 2.24) is 15.1 Å². The third kappa shape index (κ3) is 4.90. The number of hydrogen-bond acceptors (Lipinski definition) is 5. The smallest absolute Gasteiger partial charge is 0.322 e. The van der Waals surface area contributed by atoms with Crippen molar-refractivity contribution in [3.8, 4) is 0 Å². The number of aromatic nitrogens is 2. The molecule has 154 valence electrons. The molecule has 7 nitrogen and oxygen atoms in total. The number of amides is 2. The number of urea groups is 1. The minimum absolute atomic E-state index is 0.125. The summed E-state index contributed by atoms with van der Waals surface area (Å²) >= 11 is 6.13. The summed E-state index contributed by atoms with van der Waals surface area (Å²) in [5, 5.41) is 12.3. The SMILES string of the molecule is O=C(Nc1ccccc1Cl)N1CCN(c2ccc(N3CCCCCC3)nn2)CC1. The van der Waals surface area contributed by atoms with Crippen molar-refractivity contribution >= 4 is 35.0 Å². The van der Waals surface area contributed by atoms with Crippen LogP contribution in [0, 0.1) is 0 Å². The third-order valence-electron chi connectivity index (χ3n) is 5.57. The second-order valence-electron chi connectivity index (χ2n) is 7.54. The predicted molar refractivity (Wildman–Crippen MR) is 117 cm³/mol. The molecule has 29 heavy (non-hydrogen) atoms. The van der Waals surface area contributed by atoms with E-state index in [2.05, 4.69) is 31.4 Å². The first-order chi connectivity index (χ1) is 14.2. The van der Waals surface area contributed by atoms with Crippen LogP contribution in [0.15, 0.2) is 36.4 Å². The van der Waals surface area contributed by atoms with Gasteiger partial charge in [-0.1, -0.05) is 36.6 Å². The normalized spacial score (nSPS) is 17.8. The number of halogens is 1. The van der Waals surface area contributed by atoms with Crippen molar-refractivity contribution in [3.63, 3.8) is 0 Å². The predicted octanol–water partition coefficient (Wildman–Crippen LogP) is 3.86. The molecule has 0 saturated carbocycles. The fourth-order valence-electron chi connectivity index (χ4n) is 3.85. The summed E-state index contributed by atoms with van der Waals surface area (Å²) in [6.07, 6.45) is 5.05. The van der Waals surface area contributed by atoms with E-state index in [0.29, 0.717) is 23.8 Å². The molecule has 2 amide bonds. The van der Waals surface area contributed by atoms with Crippen molar-refractivity contribution in [1.29, 1.82) is 0 Å². The standard InChI is InChI=1S/C21H27ClN6O/c22-17-7-3-4-8-18(17)23-21(29)28-15-13-27(14-16-28)20-10-9-19(24-25-20)26-11-5-1-2-6-12-26/h3-4,7-10H,1-2,5-6,11-16H2,(H,23,29). The molecule has 0 spiro atoms. The van der Waals surface area contributed by atoms with Crippen molar-refractivity contribution < 1.29 is 4.79 Å². The van der Waals surface area contributed by atoms with Gasteiger partial charge in [0.15, 0.2) is 11.6 Å². The lowest BCUT2D eigenvalue weighted by Gasteiger charge is -2.35. The zero-order valence-electron chi connectivity index (χ0n) is 16.6. The summed E-state index contributed by atoms with van der Waals surface area (Å²) in [5.41, 5.74) is 0.636. The summed E-state index contributed by atoms with van der Waals surface area (Å²) < 4.78 is 0. The number of anilines is 3. The number of nitrogens with zero attached hydrogens (tertiary/aromatic N) is 5. The third-order valence-corrected chi connectivity index (χ3v) is 5.90. The Morgan fingerprint density at radius 3 is 1.97 bits per heavy atom. The summed E-state index contributed by atoms with van der Waals surface area (Å²) in [4.78, 5) is 18.8. The fraction of sp³-hybridized carbons (Fsp3) is 0.476. The van der Waals surface area contributed by atoms with Gasteiger partial charge in [-0.05, 0) is 37.1 Å². The van der Waals surface area contributed by atoms with Crippen LogP contribution in [-0.2, 0) is 0 Å². The first-order valence-electron chi connectivity index (χ1n) is 10.3. The Balaban J connectivity index is 1.31. The van der Waals surface area contributed by atoms with Crippen molar-refractivity contribution in [2.24, 2.45) is 0 Å². The van der Waals surface area contributed by atoms with Crippen molar-refractivity contribution in [2.45, 2.75) is 25.7 Å². The van der Waals surface area contributed by atoms with Gasteiger partial charge in [-0.2, -0.15) is 0 Å². The molecule has 0 bridgehead atoms. The van der Waals surface area contributed by atoms with Gasteiger partial charge in [0.2, 0.25) is 0 Å². The lowest BCUT2D eigenvalue weighted by atomic mass is 10.2. The van der Waals surface area contributed by atoms with E-state index in [1.165, 1.54) is 25.7 Å². The Kier molecular flexibility index (Phi) is 6.34. The van der Waals surface area contributed by atoms with Crippen molar-refractivity contribution in [3.05, 3.63) is 41.4 Å². The van der Waals surface area contributed by atoms with Gasteiger partial charge in [-0.25, -0.2) is 4.79 Å². The van der Waals surface area contributed by atoms with Gasteiger partial charge in [-0.3, -0.25) is 0 Å². The Hall–Kier alpha value is -2.54. The maximum Gasteiger partial charge on any atom is 0.322 e. The molecule has 3 heterocycles. The number of carbonyl (C=O) groups excluding carboxylic acids is 1. The first-order valence-corrected chi connectivity index (χ1v) is 10.7.